The zero-order valence-electron chi connectivity index (χ0n) is 14.9. The molecule has 0 unspecified atom stereocenters. The summed E-state index contributed by atoms with van der Waals surface area (Å²) in [5, 5.41) is 5.55. The summed E-state index contributed by atoms with van der Waals surface area (Å²) in [7, 11) is 1.60. The molecule has 1 fully saturated rings. The zero-order chi connectivity index (χ0) is 18.4. The highest BCUT2D eigenvalue weighted by Gasteiger charge is 2.15. The van der Waals surface area contributed by atoms with Crippen LogP contribution in [-0.2, 0) is 4.79 Å². The quantitative estimate of drug-likeness (QED) is 0.814. The number of para-hydroxylation sites is 2. The average molecular weight is 349 g/mol. The van der Waals surface area contributed by atoms with Crippen LogP contribution in [0.5, 0.6) is 0 Å². The van der Waals surface area contributed by atoms with Gasteiger partial charge in [0.05, 0.1) is 11.4 Å². The van der Waals surface area contributed by atoms with E-state index >= 15 is 0 Å². The van der Waals surface area contributed by atoms with Crippen molar-refractivity contribution < 1.29 is 9.59 Å². The Morgan fingerprint density at radius 2 is 1.69 bits per heavy atom. The predicted molar refractivity (Wildman–Crippen MR) is 105 cm³/mol. The number of nitrogens with zero attached hydrogens (tertiary/aromatic N) is 1. The minimum Gasteiger partial charge on any atom is -0.370 e. The number of nitrogens with one attached hydrogen (secondary N) is 2. The first-order valence-corrected chi connectivity index (χ1v) is 8.82. The van der Waals surface area contributed by atoms with E-state index in [0.717, 1.165) is 30.0 Å². The highest BCUT2D eigenvalue weighted by molar-refractivity contribution is 6.04. The summed E-state index contributed by atoms with van der Waals surface area (Å²) in [6.45, 7) is 2.06. The van der Waals surface area contributed by atoms with E-state index in [1.165, 1.54) is 18.9 Å². The van der Waals surface area contributed by atoms with Gasteiger partial charge in [-0.3, -0.25) is 9.59 Å². The molecule has 1 aliphatic heterocycles. The Morgan fingerprint density at radius 1 is 1.00 bits per heavy atom. The maximum atomic E-state index is 12.3. The molecule has 2 amide bonds. The molecule has 134 valence electrons. The standard InChI is InChI=1S/C21H23N3O2/c1-22-21(26)17-11-8-16(9-12-17)10-13-20(25)23-18-6-2-3-7-19(18)24-14-4-5-15-24/h2-3,6-13H,4-5,14-15H2,1H3,(H,22,26)(H,23,25)/b13-10+. The fourth-order valence-corrected chi connectivity index (χ4v) is 3.05. The maximum Gasteiger partial charge on any atom is 0.251 e. The van der Waals surface area contributed by atoms with Gasteiger partial charge in [0, 0.05) is 31.8 Å². The van der Waals surface area contributed by atoms with Crippen LogP contribution >= 0.6 is 0 Å². The minimum atomic E-state index is -0.174. The molecule has 0 aromatic heterocycles. The van der Waals surface area contributed by atoms with Crippen molar-refractivity contribution in [1.29, 1.82) is 0 Å². The molecule has 0 aliphatic carbocycles. The summed E-state index contributed by atoms with van der Waals surface area (Å²) in [5.74, 6) is -0.302. The molecular weight excluding hydrogens is 326 g/mol. The molecule has 1 saturated heterocycles. The van der Waals surface area contributed by atoms with Gasteiger partial charge in [-0.15, -0.1) is 0 Å². The van der Waals surface area contributed by atoms with Gasteiger partial charge in [-0.1, -0.05) is 24.3 Å². The summed E-state index contributed by atoms with van der Waals surface area (Å²) in [6.07, 6.45) is 5.62. The molecule has 0 spiro atoms. The monoisotopic (exact) mass is 349 g/mol. The van der Waals surface area contributed by atoms with E-state index in [4.69, 9.17) is 0 Å². The molecule has 2 aromatic rings. The molecular formula is C21H23N3O2. The van der Waals surface area contributed by atoms with E-state index in [1.807, 2.05) is 36.4 Å². The van der Waals surface area contributed by atoms with Gasteiger partial charge in [-0.25, -0.2) is 0 Å². The van der Waals surface area contributed by atoms with E-state index in [1.54, 1.807) is 25.3 Å². The number of benzene rings is 2. The van der Waals surface area contributed by atoms with Crippen molar-refractivity contribution in [2.24, 2.45) is 0 Å². The number of carbonyl (C=O) groups is 2. The van der Waals surface area contributed by atoms with Crippen LogP contribution in [-0.4, -0.2) is 32.0 Å². The molecule has 2 N–H and O–H groups in total. The zero-order valence-corrected chi connectivity index (χ0v) is 14.9. The number of anilines is 2. The first-order chi connectivity index (χ1) is 12.7. The van der Waals surface area contributed by atoms with Crippen LogP contribution in [0, 0.1) is 0 Å². The Morgan fingerprint density at radius 3 is 2.38 bits per heavy atom. The van der Waals surface area contributed by atoms with Gasteiger partial charge in [-0.2, -0.15) is 0 Å². The number of hydrogen-bond donors (Lipinski definition) is 2. The Hall–Kier alpha value is -3.08. The third-order valence-corrected chi connectivity index (χ3v) is 4.44. The molecule has 5 heteroatoms. The van der Waals surface area contributed by atoms with Crippen molar-refractivity contribution in [2.45, 2.75) is 12.8 Å². The number of hydrogen-bond acceptors (Lipinski definition) is 3. The molecule has 1 aliphatic rings. The second-order valence-corrected chi connectivity index (χ2v) is 6.24. The third kappa shape index (κ3) is 4.30. The second-order valence-electron chi connectivity index (χ2n) is 6.24. The highest BCUT2D eigenvalue weighted by Crippen LogP contribution is 2.28. The molecule has 0 bridgehead atoms. The molecule has 0 radical (unpaired) electrons. The van der Waals surface area contributed by atoms with Gasteiger partial charge in [-0.05, 0) is 48.7 Å². The fraction of sp³-hybridized carbons (Fsp3) is 0.238. The van der Waals surface area contributed by atoms with Crippen LogP contribution in [0.15, 0.2) is 54.6 Å². The third-order valence-electron chi connectivity index (χ3n) is 4.44. The first-order valence-electron chi connectivity index (χ1n) is 8.82. The summed E-state index contributed by atoms with van der Waals surface area (Å²) < 4.78 is 0. The van der Waals surface area contributed by atoms with Gasteiger partial charge >= 0.3 is 0 Å². The fourth-order valence-electron chi connectivity index (χ4n) is 3.05. The molecule has 1 heterocycles. The minimum absolute atomic E-state index is 0.128. The van der Waals surface area contributed by atoms with E-state index in [-0.39, 0.29) is 11.8 Å². The van der Waals surface area contributed by atoms with Crippen molar-refractivity contribution >= 4 is 29.3 Å². The topological polar surface area (TPSA) is 61.4 Å². The Bertz CT molecular complexity index is 806. The number of rotatable bonds is 5. The van der Waals surface area contributed by atoms with Crippen LogP contribution in [0.25, 0.3) is 6.08 Å². The normalized spacial score (nSPS) is 13.8. The van der Waals surface area contributed by atoms with Gasteiger partial charge in [0.15, 0.2) is 0 Å². The van der Waals surface area contributed by atoms with E-state index in [2.05, 4.69) is 15.5 Å². The summed E-state index contributed by atoms with van der Waals surface area (Å²) in [5.41, 5.74) is 3.36. The summed E-state index contributed by atoms with van der Waals surface area (Å²) >= 11 is 0. The van der Waals surface area contributed by atoms with Crippen LogP contribution in [0.1, 0.15) is 28.8 Å². The molecule has 26 heavy (non-hydrogen) atoms. The van der Waals surface area contributed by atoms with Gasteiger partial charge in [0.2, 0.25) is 5.91 Å². The lowest BCUT2D eigenvalue weighted by atomic mass is 10.1. The van der Waals surface area contributed by atoms with Gasteiger partial charge in [0.1, 0.15) is 0 Å². The van der Waals surface area contributed by atoms with Crippen molar-refractivity contribution in [3.63, 3.8) is 0 Å². The average Bonchev–Trinajstić information content (AvgIpc) is 3.21. The van der Waals surface area contributed by atoms with Crippen molar-refractivity contribution in [3.05, 3.63) is 65.7 Å². The van der Waals surface area contributed by atoms with Crippen molar-refractivity contribution in [3.8, 4) is 0 Å². The predicted octanol–water partition coefficient (Wildman–Crippen LogP) is 3.30. The SMILES string of the molecule is CNC(=O)c1ccc(/C=C/C(=O)Nc2ccccc2N2CCCC2)cc1. The van der Waals surface area contributed by atoms with Crippen LogP contribution in [0.4, 0.5) is 11.4 Å². The lowest BCUT2D eigenvalue weighted by Crippen LogP contribution is -2.20. The van der Waals surface area contributed by atoms with Crippen LogP contribution < -0.4 is 15.5 Å². The van der Waals surface area contributed by atoms with Crippen LogP contribution in [0.3, 0.4) is 0 Å². The molecule has 0 atom stereocenters. The number of carbonyl (C=O) groups excluding carboxylic acids is 2. The smallest absolute Gasteiger partial charge is 0.251 e. The molecule has 3 rings (SSSR count). The van der Waals surface area contributed by atoms with Crippen LogP contribution in [0.2, 0.25) is 0 Å². The first kappa shape index (κ1) is 17.7. The highest BCUT2D eigenvalue weighted by atomic mass is 16.2. The van der Waals surface area contributed by atoms with E-state index < -0.39 is 0 Å². The van der Waals surface area contributed by atoms with Crippen molar-refractivity contribution in [1.82, 2.24) is 5.32 Å². The molecule has 5 nitrogen and oxygen atoms in total. The number of amides is 2. The molecule has 0 saturated carbocycles. The lowest BCUT2D eigenvalue weighted by Gasteiger charge is -2.21. The lowest BCUT2D eigenvalue weighted by molar-refractivity contribution is -0.111. The van der Waals surface area contributed by atoms with E-state index in [9.17, 15) is 9.59 Å². The Labute approximate surface area is 153 Å². The summed E-state index contributed by atoms with van der Waals surface area (Å²) in [4.78, 5) is 26.1. The van der Waals surface area contributed by atoms with E-state index in [0.29, 0.717) is 5.56 Å². The van der Waals surface area contributed by atoms with Gasteiger partial charge < -0.3 is 15.5 Å². The van der Waals surface area contributed by atoms with Gasteiger partial charge in [0.25, 0.3) is 5.91 Å². The summed E-state index contributed by atoms with van der Waals surface area (Å²) in [6, 6.07) is 15.0. The second kappa shape index (κ2) is 8.34. The Balaban J connectivity index is 1.65. The molecule has 2 aromatic carbocycles. The maximum absolute atomic E-state index is 12.3. The van der Waals surface area contributed by atoms with Crippen molar-refractivity contribution in [2.75, 3.05) is 30.4 Å². The Kier molecular flexibility index (Phi) is 5.69. The largest absolute Gasteiger partial charge is 0.370 e.